The number of pyridine rings is 1. The van der Waals surface area contributed by atoms with Gasteiger partial charge in [0, 0.05) is 30.4 Å². The summed E-state index contributed by atoms with van der Waals surface area (Å²) < 4.78 is 1.57. The van der Waals surface area contributed by atoms with Gasteiger partial charge in [0.1, 0.15) is 5.69 Å². The molecule has 0 spiro atoms. The second-order valence-corrected chi connectivity index (χ2v) is 8.72. The van der Waals surface area contributed by atoms with Gasteiger partial charge in [-0.3, -0.25) is 4.79 Å². The summed E-state index contributed by atoms with van der Waals surface area (Å²) in [7, 11) is 0. The standard InChI is InChI=1S/C30H26N4O4/c35-18-16-33(17-19-36)23-12-10-22(11-13-23)31-32-27-14-15-34(20-26(27)21-6-2-1-3-7-21)28-29(37)24-8-4-5-9-25(24)30(28)38/h1-15,20,35-36H,16-19H2. The molecule has 2 N–H and O–H groups in total. The summed E-state index contributed by atoms with van der Waals surface area (Å²) in [5.41, 5.74) is 4.55. The predicted molar refractivity (Wildman–Crippen MR) is 143 cm³/mol. The third-order valence-electron chi connectivity index (χ3n) is 6.35. The molecule has 38 heavy (non-hydrogen) atoms. The van der Waals surface area contributed by atoms with Crippen molar-refractivity contribution in [2.45, 2.75) is 0 Å². The lowest BCUT2D eigenvalue weighted by molar-refractivity contribution is -0.577. The molecule has 0 saturated heterocycles. The first-order valence-corrected chi connectivity index (χ1v) is 12.3. The van der Waals surface area contributed by atoms with Crippen LogP contribution >= 0.6 is 0 Å². The number of hydrogen-bond acceptors (Lipinski definition) is 7. The summed E-state index contributed by atoms with van der Waals surface area (Å²) in [5.74, 6) is -0.610. The summed E-state index contributed by atoms with van der Waals surface area (Å²) in [6.07, 6.45) is 3.40. The van der Waals surface area contributed by atoms with E-state index >= 15 is 0 Å². The second-order valence-electron chi connectivity index (χ2n) is 8.72. The van der Waals surface area contributed by atoms with E-state index in [1.54, 1.807) is 47.3 Å². The Balaban J connectivity index is 1.49. The average Bonchev–Trinajstić information content (AvgIpc) is 3.22. The van der Waals surface area contributed by atoms with Crippen LogP contribution in [0.1, 0.15) is 15.9 Å². The zero-order chi connectivity index (χ0) is 26.5. The van der Waals surface area contributed by atoms with Crippen molar-refractivity contribution in [2.24, 2.45) is 10.2 Å². The summed E-state index contributed by atoms with van der Waals surface area (Å²) >= 11 is 0. The first-order chi connectivity index (χ1) is 18.6. The van der Waals surface area contributed by atoms with Crippen LogP contribution in [0.4, 0.5) is 17.1 Å². The third-order valence-corrected chi connectivity index (χ3v) is 6.35. The van der Waals surface area contributed by atoms with E-state index < -0.39 is 0 Å². The molecule has 5 rings (SSSR count). The maximum absolute atomic E-state index is 13.1. The zero-order valence-electron chi connectivity index (χ0n) is 20.6. The molecule has 3 aromatic carbocycles. The minimum atomic E-state index is -0.305. The topological polar surface area (TPSA) is 112 Å². The summed E-state index contributed by atoms with van der Waals surface area (Å²) in [4.78, 5) is 14.9. The molecular weight excluding hydrogens is 480 g/mol. The van der Waals surface area contributed by atoms with Gasteiger partial charge in [-0.15, -0.1) is 5.11 Å². The summed E-state index contributed by atoms with van der Waals surface area (Å²) in [6.45, 7) is 0.808. The maximum Gasteiger partial charge on any atom is 0.257 e. The Kier molecular flexibility index (Phi) is 7.35. The number of aliphatic hydroxyl groups excluding tert-OH is 2. The Morgan fingerprint density at radius 1 is 0.763 bits per heavy atom. The van der Waals surface area contributed by atoms with Crippen molar-refractivity contribution >= 4 is 34.3 Å². The van der Waals surface area contributed by atoms with Crippen molar-refractivity contribution in [1.82, 2.24) is 0 Å². The molecule has 1 heterocycles. The van der Waals surface area contributed by atoms with E-state index in [4.69, 9.17) is 0 Å². The Morgan fingerprint density at radius 2 is 1.42 bits per heavy atom. The normalized spacial score (nSPS) is 12.8. The van der Waals surface area contributed by atoms with Gasteiger partial charge in [0.2, 0.25) is 0 Å². The van der Waals surface area contributed by atoms with Gasteiger partial charge in [0.25, 0.3) is 11.5 Å². The third kappa shape index (κ3) is 4.95. The van der Waals surface area contributed by atoms with Gasteiger partial charge >= 0.3 is 0 Å². The molecular formula is C30H26N4O4. The van der Waals surface area contributed by atoms with Crippen LogP contribution in [0, 0.1) is 0 Å². The van der Waals surface area contributed by atoms with Gasteiger partial charge in [-0.2, -0.15) is 9.68 Å². The van der Waals surface area contributed by atoms with Crippen LogP contribution in [-0.2, 0) is 0 Å². The number of anilines is 1. The fraction of sp³-hybridized carbons (Fsp3) is 0.133. The molecule has 0 aliphatic heterocycles. The van der Waals surface area contributed by atoms with Crippen LogP contribution in [0.2, 0.25) is 0 Å². The molecule has 0 bridgehead atoms. The summed E-state index contributed by atoms with van der Waals surface area (Å²) in [5, 5.41) is 40.5. The van der Waals surface area contributed by atoms with Crippen LogP contribution in [0.5, 0.6) is 0 Å². The lowest BCUT2D eigenvalue weighted by Gasteiger charge is -2.22. The lowest BCUT2D eigenvalue weighted by Crippen LogP contribution is -2.36. The Labute approximate surface area is 220 Å². The van der Waals surface area contributed by atoms with E-state index in [1.807, 2.05) is 59.5 Å². The molecule has 0 atom stereocenters. The highest BCUT2D eigenvalue weighted by atomic mass is 16.3. The van der Waals surface area contributed by atoms with E-state index in [-0.39, 0.29) is 30.5 Å². The highest BCUT2D eigenvalue weighted by Crippen LogP contribution is 2.33. The number of aliphatic hydroxyl groups is 2. The number of fused-ring (bicyclic) bond motifs is 1. The lowest BCUT2D eigenvalue weighted by atomic mass is 10.1. The number of allylic oxidation sites excluding steroid dienone is 1. The number of carbonyl (C=O) groups is 1. The van der Waals surface area contributed by atoms with Gasteiger partial charge < -0.3 is 20.2 Å². The fourth-order valence-electron chi connectivity index (χ4n) is 4.48. The van der Waals surface area contributed by atoms with E-state index in [0.29, 0.717) is 35.6 Å². The number of carbonyl (C=O) groups excluding carboxylic acids is 1. The molecule has 0 radical (unpaired) electrons. The minimum Gasteiger partial charge on any atom is -0.867 e. The van der Waals surface area contributed by atoms with Crippen molar-refractivity contribution in [3.63, 3.8) is 0 Å². The SMILES string of the molecule is O=C1C([n+]2ccc(N=Nc3ccc(N(CCO)CCO)cc3)c(-c3ccccc3)c2)=C([O-])c2ccccc21. The van der Waals surface area contributed by atoms with Crippen molar-refractivity contribution < 1.29 is 24.7 Å². The predicted octanol–water partition coefficient (Wildman–Crippen LogP) is 3.73. The molecule has 8 nitrogen and oxygen atoms in total. The second kappa shape index (κ2) is 11.2. The fourth-order valence-corrected chi connectivity index (χ4v) is 4.48. The van der Waals surface area contributed by atoms with E-state index in [1.165, 1.54) is 0 Å². The van der Waals surface area contributed by atoms with E-state index in [9.17, 15) is 20.1 Å². The zero-order valence-corrected chi connectivity index (χ0v) is 20.6. The van der Waals surface area contributed by atoms with Crippen LogP contribution in [-0.4, -0.2) is 42.3 Å². The van der Waals surface area contributed by atoms with Crippen LogP contribution in [0.25, 0.3) is 22.6 Å². The van der Waals surface area contributed by atoms with Crippen molar-refractivity contribution in [3.8, 4) is 11.1 Å². The Morgan fingerprint density at radius 3 is 2.08 bits per heavy atom. The Bertz CT molecular complexity index is 1510. The van der Waals surface area contributed by atoms with Crippen LogP contribution in [0.3, 0.4) is 0 Å². The average molecular weight is 507 g/mol. The first kappa shape index (κ1) is 25.0. The van der Waals surface area contributed by atoms with Gasteiger partial charge in [0.05, 0.1) is 24.5 Å². The molecule has 4 aromatic rings. The number of Topliss-reactive ketones (excluding diaryl/α,β-unsaturated/α-hetero) is 1. The largest absolute Gasteiger partial charge is 0.867 e. The molecule has 190 valence electrons. The number of hydrogen-bond donors (Lipinski definition) is 2. The van der Waals surface area contributed by atoms with Crippen molar-refractivity contribution in [3.05, 3.63) is 108 Å². The number of aromatic nitrogens is 1. The van der Waals surface area contributed by atoms with Crippen molar-refractivity contribution in [1.29, 1.82) is 0 Å². The summed E-state index contributed by atoms with van der Waals surface area (Å²) in [6, 6.07) is 25.5. The van der Waals surface area contributed by atoms with E-state index in [0.717, 1.165) is 16.8 Å². The van der Waals surface area contributed by atoms with Gasteiger partial charge in [0.15, 0.2) is 12.4 Å². The maximum atomic E-state index is 13.1. The number of azo groups is 1. The molecule has 1 aromatic heterocycles. The van der Waals surface area contributed by atoms with Gasteiger partial charge in [-0.1, -0.05) is 54.6 Å². The minimum absolute atomic E-state index is 0.0137. The van der Waals surface area contributed by atoms with Crippen LogP contribution < -0.4 is 14.6 Å². The molecule has 0 unspecified atom stereocenters. The van der Waals surface area contributed by atoms with Gasteiger partial charge in [-0.05, 0) is 41.2 Å². The number of nitrogens with zero attached hydrogens (tertiary/aromatic N) is 4. The smallest absolute Gasteiger partial charge is 0.257 e. The molecule has 8 heteroatoms. The highest BCUT2D eigenvalue weighted by molar-refractivity contribution is 6.32. The Hall–Kier alpha value is -4.66. The molecule has 1 aliphatic carbocycles. The molecule has 0 amide bonds. The monoisotopic (exact) mass is 506 g/mol. The quantitative estimate of drug-likeness (QED) is 0.265. The number of rotatable bonds is 9. The molecule has 0 fully saturated rings. The van der Waals surface area contributed by atoms with Crippen LogP contribution in [0.15, 0.2) is 108 Å². The molecule has 0 saturated carbocycles. The highest BCUT2D eigenvalue weighted by Gasteiger charge is 2.32. The van der Waals surface area contributed by atoms with Crippen molar-refractivity contribution in [2.75, 3.05) is 31.2 Å². The first-order valence-electron chi connectivity index (χ1n) is 12.3. The number of benzene rings is 3. The van der Waals surface area contributed by atoms with E-state index in [2.05, 4.69) is 10.2 Å². The number of ketones is 1. The van der Waals surface area contributed by atoms with Gasteiger partial charge in [-0.25, -0.2) is 0 Å². The molecule has 1 aliphatic rings.